The maximum absolute atomic E-state index is 14.1. The fourth-order valence-electron chi connectivity index (χ4n) is 6.44. The Bertz CT molecular complexity index is 867. The third kappa shape index (κ3) is 6.12. The summed E-state index contributed by atoms with van der Waals surface area (Å²) < 4.78 is 10.9. The minimum atomic E-state index is -0.312. The topological polar surface area (TPSA) is 55.8 Å². The lowest BCUT2D eigenvalue weighted by molar-refractivity contribution is -0.124. The molecule has 0 saturated heterocycles. The second kappa shape index (κ2) is 11.3. The van der Waals surface area contributed by atoms with E-state index in [0.717, 1.165) is 69.9 Å². The lowest BCUT2D eigenvalue weighted by atomic mass is 9.73. The Morgan fingerprint density at radius 2 is 1.57 bits per heavy atom. The number of amides is 1. The first-order chi connectivity index (χ1) is 16.7. The van der Waals surface area contributed by atoms with E-state index in [9.17, 15) is 9.59 Å². The Balaban J connectivity index is 1.67. The summed E-state index contributed by atoms with van der Waals surface area (Å²) in [7, 11) is 3.23. The number of carbonyl (C=O) groups is 2. The van der Waals surface area contributed by atoms with Gasteiger partial charge in [0.25, 0.3) is 0 Å². The second-order valence-electron chi connectivity index (χ2n) is 12.1. The van der Waals surface area contributed by atoms with Crippen molar-refractivity contribution in [2.24, 2.45) is 17.3 Å². The van der Waals surface area contributed by atoms with Crippen LogP contribution in [0.15, 0.2) is 6.07 Å². The first-order valence-corrected chi connectivity index (χ1v) is 14.6. The lowest BCUT2D eigenvalue weighted by Crippen LogP contribution is -2.47. The van der Waals surface area contributed by atoms with Crippen LogP contribution in [0.3, 0.4) is 0 Å². The van der Waals surface area contributed by atoms with Crippen LogP contribution >= 0.6 is 11.3 Å². The molecule has 1 aromatic heterocycles. The van der Waals surface area contributed by atoms with Gasteiger partial charge in [-0.25, -0.2) is 4.79 Å². The van der Waals surface area contributed by atoms with Crippen molar-refractivity contribution in [1.82, 2.24) is 0 Å². The molecular weight excluding hydrogens is 458 g/mol. The van der Waals surface area contributed by atoms with E-state index in [1.165, 1.54) is 24.8 Å². The molecule has 0 aromatic carbocycles. The minimum absolute atomic E-state index is 0.0516. The van der Waals surface area contributed by atoms with Crippen molar-refractivity contribution >= 4 is 28.9 Å². The van der Waals surface area contributed by atoms with E-state index in [4.69, 9.17) is 9.47 Å². The third-order valence-corrected chi connectivity index (χ3v) is 10.3. The molecule has 1 amide bonds. The van der Waals surface area contributed by atoms with Gasteiger partial charge in [-0.1, -0.05) is 20.8 Å². The average molecular weight is 504 g/mol. The summed E-state index contributed by atoms with van der Waals surface area (Å²) in [5.74, 6) is 1.11. The molecule has 3 aliphatic carbocycles. The Hall–Kier alpha value is -1.40. The van der Waals surface area contributed by atoms with Crippen LogP contribution in [0.5, 0.6) is 0 Å². The number of ether oxygens (including phenoxy) is 2. The van der Waals surface area contributed by atoms with Gasteiger partial charge in [-0.2, -0.15) is 0 Å². The van der Waals surface area contributed by atoms with Gasteiger partial charge in [0.2, 0.25) is 5.91 Å². The summed E-state index contributed by atoms with van der Waals surface area (Å²) in [5.41, 5.74) is 1.20. The fourth-order valence-corrected chi connectivity index (χ4v) is 7.68. The van der Waals surface area contributed by atoms with E-state index in [1.54, 1.807) is 18.4 Å². The molecular formula is C29H45NO4S. The molecule has 0 atom stereocenters. The number of methoxy groups -OCH3 is 2. The molecule has 0 unspecified atom stereocenters. The molecule has 0 N–H and O–H groups in total. The van der Waals surface area contributed by atoms with Gasteiger partial charge in [0, 0.05) is 23.9 Å². The quantitative estimate of drug-likeness (QED) is 0.381. The van der Waals surface area contributed by atoms with Crippen LogP contribution in [0, 0.1) is 17.3 Å². The monoisotopic (exact) mass is 503 g/mol. The van der Waals surface area contributed by atoms with Gasteiger partial charge >= 0.3 is 5.97 Å². The molecule has 1 aromatic rings. The molecule has 3 saturated carbocycles. The average Bonchev–Trinajstić information content (AvgIpc) is 3.29. The summed E-state index contributed by atoms with van der Waals surface area (Å²) in [6.07, 6.45) is 12.8. The van der Waals surface area contributed by atoms with E-state index in [2.05, 4.69) is 26.8 Å². The van der Waals surface area contributed by atoms with Crippen molar-refractivity contribution in [2.75, 3.05) is 19.1 Å². The maximum atomic E-state index is 14.1. The van der Waals surface area contributed by atoms with Gasteiger partial charge in [-0.15, -0.1) is 11.3 Å². The Labute approximate surface area is 215 Å². The summed E-state index contributed by atoms with van der Waals surface area (Å²) >= 11 is 1.57. The molecule has 0 spiro atoms. The molecule has 35 heavy (non-hydrogen) atoms. The number of rotatable bonds is 6. The molecule has 4 rings (SSSR count). The van der Waals surface area contributed by atoms with Gasteiger partial charge in [-0.3, -0.25) is 4.79 Å². The molecule has 5 nitrogen and oxygen atoms in total. The highest BCUT2D eigenvalue weighted by atomic mass is 32.1. The summed E-state index contributed by atoms with van der Waals surface area (Å²) in [4.78, 5) is 31.0. The molecule has 0 radical (unpaired) electrons. The summed E-state index contributed by atoms with van der Waals surface area (Å²) in [5, 5.41) is 0. The third-order valence-electron chi connectivity index (χ3n) is 9.05. The smallest absolute Gasteiger partial charge is 0.350 e. The molecule has 196 valence electrons. The second-order valence-corrected chi connectivity index (χ2v) is 13.2. The Morgan fingerprint density at radius 3 is 2.14 bits per heavy atom. The minimum Gasteiger partial charge on any atom is -0.465 e. The van der Waals surface area contributed by atoms with Crippen molar-refractivity contribution in [1.29, 1.82) is 0 Å². The van der Waals surface area contributed by atoms with E-state index in [-0.39, 0.29) is 29.9 Å². The zero-order valence-corrected chi connectivity index (χ0v) is 23.3. The van der Waals surface area contributed by atoms with Crippen LogP contribution in [-0.2, 0) is 14.3 Å². The highest BCUT2D eigenvalue weighted by molar-refractivity contribution is 7.14. The molecule has 1 heterocycles. The highest BCUT2D eigenvalue weighted by Crippen LogP contribution is 2.47. The Morgan fingerprint density at radius 1 is 0.943 bits per heavy atom. The van der Waals surface area contributed by atoms with E-state index in [0.29, 0.717) is 22.1 Å². The van der Waals surface area contributed by atoms with Crippen LogP contribution < -0.4 is 4.90 Å². The number of anilines is 1. The summed E-state index contributed by atoms with van der Waals surface area (Å²) in [6.45, 7) is 6.99. The maximum Gasteiger partial charge on any atom is 0.350 e. The van der Waals surface area contributed by atoms with Crippen LogP contribution in [0.1, 0.15) is 118 Å². The normalized spacial score (nSPS) is 29.5. The fraction of sp³-hybridized carbons (Fsp3) is 0.793. The lowest BCUT2D eigenvalue weighted by Gasteiger charge is -2.39. The van der Waals surface area contributed by atoms with Gasteiger partial charge < -0.3 is 14.4 Å². The van der Waals surface area contributed by atoms with Crippen LogP contribution in [-0.4, -0.2) is 38.2 Å². The van der Waals surface area contributed by atoms with Crippen molar-refractivity contribution < 1.29 is 19.1 Å². The molecule has 6 heteroatoms. The predicted octanol–water partition coefficient (Wildman–Crippen LogP) is 7.34. The summed E-state index contributed by atoms with van der Waals surface area (Å²) in [6, 6.07) is 2.30. The van der Waals surface area contributed by atoms with Gasteiger partial charge in [0.15, 0.2) is 0 Å². The first kappa shape index (κ1) is 26.7. The SMILES string of the molecule is COC(=O)c1sc(C2CCC(C)(C)CC2)cc1N(C(=O)[C@H]1CC[C@H](C)CC1)[C@H]1CC[C@H](OC)CC1. The zero-order chi connectivity index (χ0) is 25.2. The zero-order valence-electron chi connectivity index (χ0n) is 22.4. The largest absolute Gasteiger partial charge is 0.465 e. The van der Waals surface area contributed by atoms with Crippen molar-refractivity contribution in [3.63, 3.8) is 0 Å². The molecule has 3 aliphatic rings. The number of nitrogens with zero attached hydrogens (tertiary/aromatic N) is 1. The molecule has 0 aliphatic heterocycles. The standard InChI is InChI=1S/C29H45NO4S/c1-19-6-8-21(9-7-19)27(31)30(22-10-12-23(33-4)13-11-22)24-18-25(35-26(24)28(32)34-5)20-14-16-29(2,3)17-15-20/h18-23H,6-17H2,1-5H3/t19-,21-,22-,23-. The number of hydrogen-bond donors (Lipinski definition) is 0. The van der Waals surface area contributed by atoms with Crippen molar-refractivity contribution in [3.8, 4) is 0 Å². The number of thiophene rings is 1. The van der Waals surface area contributed by atoms with Crippen LogP contribution in [0.25, 0.3) is 0 Å². The van der Waals surface area contributed by atoms with E-state index < -0.39 is 0 Å². The number of carbonyl (C=O) groups excluding carboxylic acids is 2. The first-order valence-electron chi connectivity index (χ1n) is 13.8. The molecule has 0 bridgehead atoms. The van der Waals surface area contributed by atoms with E-state index in [1.807, 2.05) is 4.90 Å². The van der Waals surface area contributed by atoms with Gasteiger partial charge in [-0.05, 0) is 100 Å². The van der Waals surface area contributed by atoms with Crippen molar-refractivity contribution in [3.05, 3.63) is 15.8 Å². The molecule has 3 fully saturated rings. The highest BCUT2D eigenvalue weighted by Gasteiger charge is 2.38. The van der Waals surface area contributed by atoms with Gasteiger partial charge in [0.1, 0.15) is 4.88 Å². The van der Waals surface area contributed by atoms with E-state index >= 15 is 0 Å². The van der Waals surface area contributed by atoms with Crippen LogP contribution in [0.2, 0.25) is 0 Å². The number of hydrogen-bond acceptors (Lipinski definition) is 5. The van der Waals surface area contributed by atoms with Crippen molar-refractivity contribution in [2.45, 2.75) is 116 Å². The number of esters is 1. The Kier molecular flexibility index (Phi) is 8.63. The van der Waals surface area contributed by atoms with Gasteiger partial charge in [0.05, 0.1) is 18.9 Å². The predicted molar refractivity (Wildman–Crippen MR) is 142 cm³/mol. The van der Waals surface area contributed by atoms with Crippen LogP contribution in [0.4, 0.5) is 5.69 Å².